The van der Waals surface area contributed by atoms with Crippen molar-refractivity contribution in [2.75, 3.05) is 13.1 Å². The number of H-pyrrole nitrogens is 1. The molecule has 0 fully saturated rings. The van der Waals surface area contributed by atoms with Crippen molar-refractivity contribution in [1.82, 2.24) is 25.9 Å². The van der Waals surface area contributed by atoms with Crippen LogP contribution in [0.5, 0.6) is 0 Å². The maximum absolute atomic E-state index is 12.9. The predicted octanol–water partition coefficient (Wildman–Crippen LogP) is -1.37. The predicted molar refractivity (Wildman–Crippen MR) is 117 cm³/mol. The van der Waals surface area contributed by atoms with Gasteiger partial charge in [-0.3, -0.25) is 14.4 Å². The number of nitrogens with one attached hydrogen (secondary N) is 4. The van der Waals surface area contributed by atoms with E-state index >= 15 is 0 Å². The van der Waals surface area contributed by atoms with E-state index in [0.717, 1.165) is 0 Å². The second-order valence-electron chi connectivity index (χ2n) is 7.66. The maximum atomic E-state index is 12.9. The van der Waals surface area contributed by atoms with Crippen LogP contribution in [0.25, 0.3) is 0 Å². The van der Waals surface area contributed by atoms with Crippen molar-refractivity contribution in [3.63, 3.8) is 0 Å². The minimum atomic E-state index is -1.21. The quantitative estimate of drug-likeness (QED) is 0.157. The van der Waals surface area contributed by atoms with Gasteiger partial charge in [-0.25, -0.2) is 9.78 Å². The SMILES string of the molecule is CCC(C)C(NC(=O)C(CCCCN)NC(=O)CN)C(=O)NC(Cc1cnc[nH]1)C(=O)O. The fraction of sp³-hybridized carbons (Fsp3) is 0.650. The number of hydrogen-bond donors (Lipinski definition) is 7. The number of amides is 3. The molecule has 1 rings (SSSR count). The van der Waals surface area contributed by atoms with Crippen molar-refractivity contribution < 1.29 is 24.3 Å². The summed E-state index contributed by atoms with van der Waals surface area (Å²) in [6.45, 7) is 3.80. The lowest BCUT2D eigenvalue weighted by Crippen LogP contribution is -2.58. The molecule has 32 heavy (non-hydrogen) atoms. The number of nitrogens with zero attached hydrogens (tertiary/aromatic N) is 1. The summed E-state index contributed by atoms with van der Waals surface area (Å²) >= 11 is 0. The lowest BCUT2D eigenvalue weighted by Gasteiger charge is -2.27. The number of carbonyl (C=O) groups excluding carboxylic acids is 3. The van der Waals surface area contributed by atoms with Crippen LogP contribution in [0.1, 0.15) is 45.2 Å². The van der Waals surface area contributed by atoms with E-state index < -0.39 is 41.8 Å². The minimum absolute atomic E-state index is 0.0104. The van der Waals surface area contributed by atoms with Gasteiger partial charge in [-0.15, -0.1) is 0 Å². The first-order valence-corrected chi connectivity index (χ1v) is 10.7. The number of rotatable bonds is 15. The van der Waals surface area contributed by atoms with Gasteiger partial charge in [0, 0.05) is 18.3 Å². The highest BCUT2D eigenvalue weighted by molar-refractivity contribution is 5.93. The van der Waals surface area contributed by atoms with Gasteiger partial charge in [0.25, 0.3) is 0 Å². The molecule has 1 heterocycles. The van der Waals surface area contributed by atoms with E-state index in [-0.39, 0.29) is 18.9 Å². The van der Waals surface area contributed by atoms with Gasteiger partial charge in [0.15, 0.2) is 0 Å². The van der Waals surface area contributed by atoms with Gasteiger partial charge in [0.1, 0.15) is 18.1 Å². The van der Waals surface area contributed by atoms with Crippen LogP contribution in [0.4, 0.5) is 0 Å². The van der Waals surface area contributed by atoms with E-state index in [4.69, 9.17) is 11.5 Å². The summed E-state index contributed by atoms with van der Waals surface area (Å²) < 4.78 is 0. The average molecular weight is 454 g/mol. The molecule has 12 nitrogen and oxygen atoms in total. The Balaban J connectivity index is 2.93. The third kappa shape index (κ3) is 9.02. The highest BCUT2D eigenvalue weighted by Crippen LogP contribution is 2.11. The van der Waals surface area contributed by atoms with Gasteiger partial charge in [-0.2, -0.15) is 0 Å². The molecule has 1 aromatic heterocycles. The Labute approximate surface area is 187 Å². The molecule has 9 N–H and O–H groups in total. The van der Waals surface area contributed by atoms with Crippen LogP contribution >= 0.6 is 0 Å². The zero-order chi connectivity index (χ0) is 24.1. The van der Waals surface area contributed by atoms with E-state index in [0.29, 0.717) is 37.9 Å². The lowest BCUT2D eigenvalue weighted by molar-refractivity contribution is -0.142. The van der Waals surface area contributed by atoms with Crippen molar-refractivity contribution in [2.45, 2.75) is 64.1 Å². The monoisotopic (exact) mass is 453 g/mol. The summed E-state index contributed by atoms with van der Waals surface area (Å²) in [5.74, 6) is -3.14. The van der Waals surface area contributed by atoms with Crippen molar-refractivity contribution >= 4 is 23.7 Å². The minimum Gasteiger partial charge on any atom is -0.480 e. The number of imidazole rings is 1. The van der Waals surface area contributed by atoms with Crippen LogP contribution in [-0.2, 0) is 25.6 Å². The molecule has 12 heteroatoms. The van der Waals surface area contributed by atoms with Gasteiger partial charge in [0.2, 0.25) is 17.7 Å². The van der Waals surface area contributed by atoms with Gasteiger partial charge in [0.05, 0.1) is 12.9 Å². The summed E-state index contributed by atoms with van der Waals surface area (Å²) in [5.41, 5.74) is 11.4. The molecule has 0 saturated heterocycles. The van der Waals surface area contributed by atoms with E-state index in [9.17, 15) is 24.3 Å². The van der Waals surface area contributed by atoms with Crippen molar-refractivity contribution in [1.29, 1.82) is 0 Å². The van der Waals surface area contributed by atoms with Gasteiger partial charge >= 0.3 is 5.97 Å². The smallest absolute Gasteiger partial charge is 0.326 e. The Morgan fingerprint density at radius 1 is 1.09 bits per heavy atom. The van der Waals surface area contributed by atoms with Gasteiger partial charge in [-0.05, 0) is 31.7 Å². The second-order valence-corrected chi connectivity index (χ2v) is 7.66. The number of unbranched alkanes of at least 4 members (excludes halogenated alkanes) is 1. The molecule has 0 aliphatic heterocycles. The highest BCUT2D eigenvalue weighted by atomic mass is 16.4. The molecule has 180 valence electrons. The number of aromatic nitrogens is 2. The molecule has 4 atom stereocenters. The molecule has 0 aromatic carbocycles. The zero-order valence-corrected chi connectivity index (χ0v) is 18.6. The van der Waals surface area contributed by atoms with E-state index in [1.54, 1.807) is 6.92 Å². The second kappa shape index (κ2) is 14.1. The molecule has 0 aliphatic rings. The Bertz CT molecular complexity index is 741. The van der Waals surface area contributed by atoms with Crippen LogP contribution in [0.15, 0.2) is 12.5 Å². The number of hydrogen-bond acceptors (Lipinski definition) is 7. The van der Waals surface area contributed by atoms with E-state index in [1.807, 2.05) is 6.92 Å². The zero-order valence-electron chi connectivity index (χ0n) is 18.6. The number of aliphatic carboxylic acids is 1. The number of carboxylic acid groups (broad SMARTS) is 1. The normalized spacial score (nSPS) is 14.6. The van der Waals surface area contributed by atoms with Crippen LogP contribution in [-0.4, -0.2) is 70.0 Å². The molecule has 1 aromatic rings. The topological polar surface area (TPSA) is 205 Å². The molecule has 0 radical (unpaired) electrons. The number of carboxylic acids is 1. The van der Waals surface area contributed by atoms with Crippen LogP contribution in [0, 0.1) is 5.92 Å². The molecular weight excluding hydrogens is 418 g/mol. The highest BCUT2D eigenvalue weighted by Gasteiger charge is 2.32. The number of nitrogens with two attached hydrogens (primary N) is 2. The summed E-state index contributed by atoms with van der Waals surface area (Å²) in [6.07, 6.45) is 5.07. The first-order valence-electron chi connectivity index (χ1n) is 10.7. The molecular formula is C20H35N7O5. The largest absolute Gasteiger partial charge is 0.480 e. The molecule has 0 aliphatic carbocycles. The maximum Gasteiger partial charge on any atom is 0.326 e. The van der Waals surface area contributed by atoms with E-state index in [2.05, 4.69) is 25.9 Å². The van der Waals surface area contributed by atoms with Crippen molar-refractivity contribution in [3.8, 4) is 0 Å². The molecule has 0 saturated carbocycles. The fourth-order valence-corrected chi connectivity index (χ4v) is 3.05. The Kier molecular flexibility index (Phi) is 12.0. The van der Waals surface area contributed by atoms with Gasteiger partial charge < -0.3 is 37.5 Å². The van der Waals surface area contributed by atoms with Crippen LogP contribution in [0.2, 0.25) is 0 Å². The van der Waals surface area contributed by atoms with Crippen LogP contribution in [0.3, 0.4) is 0 Å². The molecule has 4 unspecified atom stereocenters. The third-order valence-corrected chi connectivity index (χ3v) is 5.17. The first kappa shape index (κ1) is 27.0. The summed E-state index contributed by atoms with van der Waals surface area (Å²) in [7, 11) is 0. The summed E-state index contributed by atoms with van der Waals surface area (Å²) in [5, 5.41) is 17.2. The Morgan fingerprint density at radius 2 is 1.81 bits per heavy atom. The first-order chi connectivity index (χ1) is 15.2. The lowest BCUT2D eigenvalue weighted by atomic mass is 9.96. The molecule has 0 bridgehead atoms. The summed E-state index contributed by atoms with van der Waals surface area (Å²) in [4.78, 5) is 55.9. The van der Waals surface area contributed by atoms with Crippen molar-refractivity contribution in [2.24, 2.45) is 17.4 Å². The van der Waals surface area contributed by atoms with Gasteiger partial charge in [-0.1, -0.05) is 20.3 Å². The fourth-order valence-electron chi connectivity index (χ4n) is 3.05. The van der Waals surface area contributed by atoms with Crippen LogP contribution < -0.4 is 27.4 Å². The molecule has 0 spiro atoms. The van der Waals surface area contributed by atoms with E-state index in [1.165, 1.54) is 12.5 Å². The summed E-state index contributed by atoms with van der Waals surface area (Å²) in [6, 6.07) is -3.07. The average Bonchev–Trinajstić information content (AvgIpc) is 3.28. The Morgan fingerprint density at radius 3 is 2.34 bits per heavy atom. The number of carbonyl (C=O) groups is 4. The Hall–Kier alpha value is -2.99. The van der Waals surface area contributed by atoms with Crippen molar-refractivity contribution in [3.05, 3.63) is 18.2 Å². The number of aromatic amines is 1. The molecule has 3 amide bonds. The standard InChI is InChI=1S/C20H35N7O5/c1-3-12(2)17(19(30)26-15(20(31)32)8-13-10-23-11-24-13)27-18(29)14(6-4-5-7-21)25-16(28)9-22/h10-12,14-15,17H,3-9,21-22H2,1-2H3,(H,23,24)(H,25,28)(H,26,30)(H,27,29)(H,31,32). The third-order valence-electron chi connectivity index (χ3n) is 5.17.